The fourth-order valence-corrected chi connectivity index (χ4v) is 3.42. The van der Waals surface area contributed by atoms with E-state index in [9.17, 15) is 9.90 Å². The summed E-state index contributed by atoms with van der Waals surface area (Å²) in [5.41, 5.74) is 5.24. The Kier molecular flexibility index (Phi) is 6.33. The maximum Gasteiger partial charge on any atom is 0.255 e. The predicted octanol–water partition coefficient (Wildman–Crippen LogP) is 6.49. The molecule has 0 heterocycles. The molecule has 2 N–H and O–H groups in total. The second kappa shape index (κ2) is 9.67. The van der Waals surface area contributed by atoms with E-state index in [-0.39, 0.29) is 11.7 Å². The van der Waals surface area contributed by atoms with Crippen molar-refractivity contribution in [2.75, 3.05) is 12.4 Å². The summed E-state index contributed by atoms with van der Waals surface area (Å²) in [7, 11) is 1.60. The zero-order chi connectivity index (χ0) is 22.3. The number of amides is 1. The summed E-state index contributed by atoms with van der Waals surface area (Å²) < 4.78 is 5.17. The highest BCUT2D eigenvalue weighted by molar-refractivity contribution is 6.06. The number of phenolic OH excluding ortho intramolecular Hbond substituents is 1. The molecule has 0 radical (unpaired) electrons. The number of ether oxygens (including phenoxy) is 1. The van der Waals surface area contributed by atoms with Crippen molar-refractivity contribution in [2.45, 2.75) is 0 Å². The number of rotatable bonds is 6. The first kappa shape index (κ1) is 20.9. The predicted molar refractivity (Wildman–Crippen MR) is 130 cm³/mol. The van der Waals surface area contributed by atoms with Gasteiger partial charge in [0.25, 0.3) is 5.91 Å². The summed E-state index contributed by atoms with van der Waals surface area (Å²) in [6.45, 7) is 0. The second-order valence-electron chi connectivity index (χ2n) is 7.24. The molecule has 0 aliphatic heterocycles. The van der Waals surface area contributed by atoms with Crippen molar-refractivity contribution in [3.63, 3.8) is 0 Å². The van der Waals surface area contributed by atoms with E-state index in [0.29, 0.717) is 11.3 Å². The molecule has 0 aliphatic rings. The molecule has 1 amide bonds. The van der Waals surface area contributed by atoms with Crippen LogP contribution in [-0.2, 0) is 0 Å². The Bertz CT molecular complexity index is 1240. The minimum Gasteiger partial charge on any atom is -0.508 e. The molecule has 0 bridgehead atoms. The number of anilines is 1. The number of hydrogen-bond donors (Lipinski definition) is 2. The van der Waals surface area contributed by atoms with Crippen molar-refractivity contribution < 1.29 is 14.6 Å². The molecule has 0 fully saturated rings. The van der Waals surface area contributed by atoms with Crippen LogP contribution >= 0.6 is 0 Å². The first-order valence-electron chi connectivity index (χ1n) is 10.2. The Morgan fingerprint density at radius 1 is 0.781 bits per heavy atom. The van der Waals surface area contributed by atoms with Gasteiger partial charge in [-0.05, 0) is 59.2 Å². The molecule has 4 aromatic rings. The van der Waals surface area contributed by atoms with Gasteiger partial charge in [-0.1, -0.05) is 66.7 Å². The van der Waals surface area contributed by atoms with Crippen molar-refractivity contribution in [3.05, 3.63) is 114 Å². The van der Waals surface area contributed by atoms with Crippen molar-refractivity contribution in [1.29, 1.82) is 0 Å². The number of hydrogen-bond acceptors (Lipinski definition) is 3. The molecular weight excluding hydrogens is 398 g/mol. The summed E-state index contributed by atoms with van der Waals surface area (Å²) >= 11 is 0. The molecule has 4 aromatic carbocycles. The quantitative estimate of drug-likeness (QED) is 0.350. The summed E-state index contributed by atoms with van der Waals surface area (Å²) in [5, 5.41) is 12.5. The largest absolute Gasteiger partial charge is 0.508 e. The van der Waals surface area contributed by atoms with Gasteiger partial charge in [-0.3, -0.25) is 4.79 Å². The third kappa shape index (κ3) is 4.87. The molecule has 0 atom stereocenters. The van der Waals surface area contributed by atoms with Crippen LogP contribution in [0.1, 0.15) is 21.5 Å². The van der Waals surface area contributed by atoms with Gasteiger partial charge in [0.2, 0.25) is 0 Å². The second-order valence-corrected chi connectivity index (χ2v) is 7.24. The molecule has 0 saturated heterocycles. The smallest absolute Gasteiger partial charge is 0.255 e. The molecule has 32 heavy (non-hydrogen) atoms. The number of carbonyl (C=O) groups excluding carboxylic acids is 1. The van der Waals surface area contributed by atoms with E-state index in [1.165, 1.54) is 0 Å². The van der Waals surface area contributed by atoms with Crippen LogP contribution in [0.3, 0.4) is 0 Å². The van der Waals surface area contributed by atoms with Gasteiger partial charge in [-0.25, -0.2) is 0 Å². The van der Waals surface area contributed by atoms with Crippen molar-refractivity contribution in [1.82, 2.24) is 0 Å². The zero-order valence-electron chi connectivity index (χ0n) is 17.7. The van der Waals surface area contributed by atoms with Crippen LogP contribution < -0.4 is 10.1 Å². The summed E-state index contributed by atoms with van der Waals surface area (Å²) in [6.07, 6.45) is 4.03. The summed E-state index contributed by atoms with van der Waals surface area (Å²) in [5.74, 6) is 0.762. The lowest BCUT2D eigenvalue weighted by Crippen LogP contribution is -2.12. The molecule has 0 unspecified atom stereocenters. The Hall–Kier alpha value is -4.31. The number of aromatic hydroxyl groups is 1. The maximum atomic E-state index is 12.8. The Labute approximate surface area is 187 Å². The van der Waals surface area contributed by atoms with E-state index in [1.807, 2.05) is 72.8 Å². The highest BCUT2D eigenvalue weighted by Gasteiger charge is 2.12. The Morgan fingerprint density at radius 2 is 1.44 bits per heavy atom. The number of phenols is 1. The number of benzene rings is 4. The van der Waals surface area contributed by atoms with E-state index in [0.717, 1.165) is 27.9 Å². The van der Waals surface area contributed by atoms with Gasteiger partial charge in [-0.2, -0.15) is 0 Å². The first-order chi connectivity index (χ1) is 15.6. The fraction of sp³-hybridized carbons (Fsp3) is 0.0357. The highest BCUT2D eigenvalue weighted by Crippen LogP contribution is 2.32. The third-order valence-corrected chi connectivity index (χ3v) is 5.13. The van der Waals surface area contributed by atoms with E-state index in [4.69, 9.17) is 4.74 Å². The Balaban J connectivity index is 1.63. The summed E-state index contributed by atoms with van der Waals surface area (Å²) in [4.78, 5) is 12.8. The van der Waals surface area contributed by atoms with E-state index < -0.39 is 0 Å². The molecule has 0 aromatic heterocycles. The van der Waals surface area contributed by atoms with Gasteiger partial charge in [0.15, 0.2) is 0 Å². The molecule has 4 heteroatoms. The van der Waals surface area contributed by atoms with Crippen LogP contribution in [0.4, 0.5) is 5.69 Å². The van der Waals surface area contributed by atoms with Gasteiger partial charge in [0.1, 0.15) is 11.5 Å². The van der Waals surface area contributed by atoms with Crippen LogP contribution in [0.15, 0.2) is 97.1 Å². The maximum absolute atomic E-state index is 12.8. The van der Waals surface area contributed by atoms with Crippen LogP contribution in [0.5, 0.6) is 11.5 Å². The topological polar surface area (TPSA) is 58.6 Å². The van der Waals surface area contributed by atoms with Gasteiger partial charge < -0.3 is 15.2 Å². The average molecular weight is 421 g/mol. The number of methoxy groups -OCH3 is 1. The highest BCUT2D eigenvalue weighted by atomic mass is 16.5. The molecule has 0 aliphatic carbocycles. The fourth-order valence-electron chi connectivity index (χ4n) is 3.42. The number of para-hydroxylation sites is 1. The van der Waals surface area contributed by atoms with Crippen LogP contribution in [0.2, 0.25) is 0 Å². The van der Waals surface area contributed by atoms with Crippen LogP contribution in [0.25, 0.3) is 23.3 Å². The number of carbonyl (C=O) groups is 1. The van der Waals surface area contributed by atoms with Gasteiger partial charge in [-0.15, -0.1) is 0 Å². The van der Waals surface area contributed by atoms with Gasteiger partial charge in [0.05, 0.1) is 7.11 Å². The van der Waals surface area contributed by atoms with E-state index >= 15 is 0 Å². The molecular formula is C28H23NO3. The average Bonchev–Trinajstić information content (AvgIpc) is 2.84. The molecule has 4 rings (SSSR count). The molecule has 158 valence electrons. The molecule has 0 spiro atoms. The summed E-state index contributed by atoms with van der Waals surface area (Å²) in [6, 6.07) is 29.9. The zero-order valence-corrected chi connectivity index (χ0v) is 17.7. The van der Waals surface area contributed by atoms with Crippen LogP contribution in [-0.4, -0.2) is 18.1 Å². The van der Waals surface area contributed by atoms with Crippen molar-refractivity contribution in [2.24, 2.45) is 0 Å². The normalized spacial score (nSPS) is 10.8. The SMILES string of the molecule is COc1ccc(C(=O)Nc2ccccc2-c2ccccc2/C=C/c2ccc(O)cc2)cc1. The lowest BCUT2D eigenvalue weighted by atomic mass is 9.97. The molecule has 4 nitrogen and oxygen atoms in total. The van der Waals surface area contributed by atoms with Gasteiger partial charge in [0, 0.05) is 16.8 Å². The minimum atomic E-state index is -0.183. The first-order valence-corrected chi connectivity index (χ1v) is 10.2. The van der Waals surface area contributed by atoms with Gasteiger partial charge >= 0.3 is 0 Å². The standard InChI is InChI=1S/C28H23NO3/c1-32-24-18-14-22(15-19-24)28(31)29-27-9-5-4-8-26(27)25-7-3-2-6-21(25)13-10-20-11-16-23(30)17-12-20/h2-19,30H,1H3,(H,29,31)/b13-10+. The lowest BCUT2D eigenvalue weighted by Gasteiger charge is -2.14. The van der Waals surface area contributed by atoms with Crippen LogP contribution in [0, 0.1) is 0 Å². The van der Waals surface area contributed by atoms with E-state index in [1.54, 1.807) is 43.5 Å². The van der Waals surface area contributed by atoms with Crippen molar-refractivity contribution in [3.8, 4) is 22.6 Å². The monoisotopic (exact) mass is 421 g/mol. The van der Waals surface area contributed by atoms with Crippen molar-refractivity contribution >= 4 is 23.7 Å². The van der Waals surface area contributed by atoms with E-state index in [2.05, 4.69) is 5.32 Å². The number of nitrogens with one attached hydrogen (secondary N) is 1. The Morgan fingerprint density at radius 3 is 2.16 bits per heavy atom. The minimum absolute atomic E-state index is 0.183. The molecule has 0 saturated carbocycles. The lowest BCUT2D eigenvalue weighted by molar-refractivity contribution is 0.102. The third-order valence-electron chi connectivity index (χ3n) is 5.13.